The Morgan fingerprint density at radius 1 is 0.927 bits per heavy atom. The summed E-state index contributed by atoms with van der Waals surface area (Å²) in [5, 5.41) is 3.99. The summed E-state index contributed by atoms with van der Waals surface area (Å²) in [7, 11) is -3.82. The Hall–Kier alpha value is -3.23. The molecule has 2 aliphatic heterocycles. The third kappa shape index (κ3) is 6.49. The number of amides is 1. The van der Waals surface area contributed by atoms with Crippen LogP contribution in [0.5, 0.6) is 0 Å². The van der Waals surface area contributed by atoms with E-state index in [1.54, 1.807) is 13.0 Å². The minimum absolute atomic E-state index is 0.112. The molecule has 41 heavy (non-hydrogen) atoms. The van der Waals surface area contributed by atoms with Crippen molar-refractivity contribution in [1.82, 2.24) is 14.4 Å². The highest BCUT2D eigenvalue weighted by atomic mass is 32.2. The standard InChI is InChI=1S/C33H41N3O4S/c1-23-20-24(2)30(25(3)21-23)10-11-31-32(26(4)34-40-31)41(38,39)36-18-14-29(15-19-36)33(37)35-16-12-28(13-17-35)22-27-8-6-5-7-9-27/h5-11,20-21,28-29H,12-19,22H2,1-4H3/b11-10+. The normalized spacial score (nSPS) is 17.9. The number of piperidine rings is 2. The van der Waals surface area contributed by atoms with Crippen molar-refractivity contribution in [2.75, 3.05) is 26.2 Å². The molecule has 0 atom stereocenters. The van der Waals surface area contributed by atoms with Crippen LogP contribution in [0.4, 0.5) is 0 Å². The van der Waals surface area contributed by atoms with E-state index >= 15 is 0 Å². The van der Waals surface area contributed by atoms with Crippen LogP contribution in [0, 0.1) is 39.5 Å². The zero-order chi connectivity index (χ0) is 29.1. The number of sulfonamides is 1. The van der Waals surface area contributed by atoms with Crippen LogP contribution in [0.1, 0.15) is 65.0 Å². The van der Waals surface area contributed by atoms with Gasteiger partial charge < -0.3 is 9.42 Å². The van der Waals surface area contributed by atoms with Crippen molar-refractivity contribution in [3.05, 3.63) is 81.7 Å². The molecule has 0 unspecified atom stereocenters. The quantitative estimate of drug-likeness (QED) is 0.347. The van der Waals surface area contributed by atoms with Gasteiger partial charge in [0.2, 0.25) is 15.9 Å². The van der Waals surface area contributed by atoms with E-state index in [4.69, 9.17) is 4.52 Å². The first-order valence-corrected chi connectivity index (χ1v) is 16.1. The topological polar surface area (TPSA) is 83.7 Å². The molecule has 2 saturated heterocycles. The molecule has 0 aliphatic carbocycles. The smallest absolute Gasteiger partial charge is 0.248 e. The third-order valence-corrected chi connectivity index (χ3v) is 10.7. The number of likely N-dealkylation sites (tertiary alicyclic amines) is 1. The average Bonchev–Trinajstić information content (AvgIpc) is 3.34. The van der Waals surface area contributed by atoms with Crippen LogP contribution in [0.3, 0.4) is 0 Å². The van der Waals surface area contributed by atoms with E-state index in [0.717, 1.165) is 49.0 Å². The minimum atomic E-state index is -3.82. The Balaban J connectivity index is 1.20. The fraction of sp³-hybridized carbons (Fsp3) is 0.455. The van der Waals surface area contributed by atoms with Crippen LogP contribution in [0.25, 0.3) is 12.2 Å². The van der Waals surface area contributed by atoms with Gasteiger partial charge in [-0.2, -0.15) is 4.31 Å². The van der Waals surface area contributed by atoms with E-state index < -0.39 is 10.0 Å². The van der Waals surface area contributed by atoms with Crippen molar-refractivity contribution in [3.63, 3.8) is 0 Å². The highest BCUT2D eigenvalue weighted by Gasteiger charge is 2.37. The van der Waals surface area contributed by atoms with Crippen molar-refractivity contribution < 1.29 is 17.7 Å². The molecule has 218 valence electrons. The van der Waals surface area contributed by atoms with Gasteiger partial charge in [0.25, 0.3) is 0 Å². The molecule has 2 fully saturated rings. The monoisotopic (exact) mass is 575 g/mol. The molecule has 3 heterocycles. The summed E-state index contributed by atoms with van der Waals surface area (Å²) in [4.78, 5) is 15.4. The first kappa shape index (κ1) is 29.3. The van der Waals surface area contributed by atoms with Gasteiger partial charge >= 0.3 is 0 Å². The molecule has 2 aliphatic rings. The average molecular weight is 576 g/mol. The summed E-state index contributed by atoms with van der Waals surface area (Å²) in [6, 6.07) is 14.8. The van der Waals surface area contributed by atoms with Crippen LogP contribution in [-0.4, -0.2) is 54.9 Å². The molecular weight excluding hydrogens is 534 g/mol. The molecule has 0 N–H and O–H groups in total. The maximum Gasteiger partial charge on any atom is 0.248 e. The SMILES string of the molecule is Cc1cc(C)c(/C=C/c2onc(C)c2S(=O)(=O)N2CCC(C(=O)N3CCC(Cc4ccccc4)CC3)CC2)c(C)c1. The summed E-state index contributed by atoms with van der Waals surface area (Å²) in [5.74, 6) is 0.872. The number of hydrogen-bond donors (Lipinski definition) is 0. The highest BCUT2D eigenvalue weighted by molar-refractivity contribution is 7.89. The minimum Gasteiger partial charge on any atom is -0.355 e. The molecule has 0 saturated carbocycles. The molecular formula is C33H41N3O4S. The summed E-state index contributed by atoms with van der Waals surface area (Å²) < 4.78 is 34.4. The second-order valence-corrected chi connectivity index (χ2v) is 13.6. The summed E-state index contributed by atoms with van der Waals surface area (Å²) in [6.45, 7) is 10.00. The number of carbonyl (C=O) groups excluding carboxylic acids is 1. The molecule has 1 amide bonds. The van der Waals surface area contributed by atoms with Gasteiger partial charge in [-0.05, 0) is 94.0 Å². The largest absolute Gasteiger partial charge is 0.355 e. The van der Waals surface area contributed by atoms with Crippen LogP contribution in [0.15, 0.2) is 51.9 Å². The zero-order valence-corrected chi connectivity index (χ0v) is 25.4. The van der Waals surface area contributed by atoms with Gasteiger partial charge in [-0.1, -0.05) is 59.3 Å². The third-order valence-electron chi connectivity index (χ3n) is 8.67. The summed E-state index contributed by atoms with van der Waals surface area (Å²) in [5.41, 5.74) is 6.16. The van der Waals surface area contributed by atoms with E-state index in [9.17, 15) is 13.2 Å². The Labute approximate surface area is 244 Å². The van der Waals surface area contributed by atoms with Gasteiger partial charge in [0.15, 0.2) is 10.7 Å². The molecule has 0 radical (unpaired) electrons. The lowest BCUT2D eigenvalue weighted by atomic mass is 9.89. The Morgan fingerprint density at radius 3 is 2.20 bits per heavy atom. The van der Waals surface area contributed by atoms with Gasteiger partial charge in [0.05, 0.1) is 0 Å². The summed E-state index contributed by atoms with van der Waals surface area (Å²) in [6.07, 6.45) is 7.74. The van der Waals surface area contributed by atoms with Crippen molar-refractivity contribution >= 4 is 28.1 Å². The number of aryl methyl sites for hydroxylation is 4. The molecule has 2 aromatic carbocycles. The molecule has 5 rings (SSSR count). The first-order chi connectivity index (χ1) is 19.6. The number of hydrogen-bond acceptors (Lipinski definition) is 5. The predicted molar refractivity (Wildman–Crippen MR) is 162 cm³/mol. The maximum atomic E-state index is 13.7. The van der Waals surface area contributed by atoms with Crippen molar-refractivity contribution in [2.45, 2.75) is 64.7 Å². The van der Waals surface area contributed by atoms with Crippen LogP contribution in [0.2, 0.25) is 0 Å². The number of aromatic nitrogens is 1. The highest BCUT2D eigenvalue weighted by Crippen LogP contribution is 2.31. The number of carbonyl (C=O) groups is 1. The molecule has 8 heteroatoms. The number of nitrogens with zero attached hydrogens (tertiary/aromatic N) is 3. The number of rotatable bonds is 7. The lowest BCUT2D eigenvalue weighted by molar-refractivity contribution is -0.138. The lowest BCUT2D eigenvalue weighted by Crippen LogP contribution is -2.46. The fourth-order valence-corrected chi connectivity index (χ4v) is 8.17. The lowest BCUT2D eigenvalue weighted by Gasteiger charge is -2.37. The van der Waals surface area contributed by atoms with E-state index in [1.807, 2.05) is 30.9 Å². The van der Waals surface area contributed by atoms with Gasteiger partial charge in [-0.3, -0.25) is 4.79 Å². The van der Waals surface area contributed by atoms with Crippen molar-refractivity contribution in [2.24, 2.45) is 11.8 Å². The number of benzene rings is 2. The Morgan fingerprint density at radius 2 is 1.56 bits per heavy atom. The van der Waals surface area contributed by atoms with E-state index in [-0.39, 0.29) is 22.5 Å². The van der Waals surface area contributed by atoms with Crippen molar-refractivity contribution in [1.29, 1.82) is 0 Å². The maximum absolute atomic E-state index is 13.7. The van der Waals surface area contributed by atoms with E-state index in [0.29, 0.717) is 37.5 Å². The van der Waals surface area contributed by atoms with Crippen LogP contribution >= 0.6 is 0 Å². The molecule has 7 nitrogen and oxygen atoms in total. The molecule has 0 spiro atoms. The predicted octanol–water partition coefficient (Wildman–Crippen LogP) is 5.96. The second kappa shape index (κ2) is 12.3. The van der Waals surface area contributed by atoms with Gasteiger partial charge in [-0.25, -0.2) is 8.42 Å². The fourth-order valence-electron chi connectivity index (χ4n) is 6.45. The van der Waals surface area contributed by atoms with E-state index in [1.165, 1.54) is 15.4 Å². The van der Waals surface area contributed by atoms with Gasteiger partial charge in [0, 0.05) is 32.1 Å². The van der Waals surface area contributed by atoms with E-state index in [2.05, 4.69) is 48.5 Å². The van der Waals surface area contributed by atoms with Crippen LogP contribution < -0.4 is 0 Å². The first-order valence-electron chi connectivity index (χ1n) is 14.7. The van der Waals surface area contributed by atoms with Gasteiger partial charge in [0.1, 0.15) is 5.69 Å². The molecule has 1 aromatic heterocycles. The van der Waals surface area contributed by atoms with Crippen LogP contribution in [-0.2, 0) is 21.2 Å². The Bertz CT molecular complexity index is 1490. The van der Waals surface area contributed by atoms with Crippen molar-refractivity contribution in [3.8, 4) is 0 Å². The summed E-state index contributed by atoms with van der Waals surface area (Å²) >= 11 is 0. The Kier molecular flexibility index (Phi) is 8.80. The second-order valence-electron chi connectivity index (χ2n) is 11.7. The molecule has 3 aromatic rings. The zero-order valence-electron chi connectivity index (χ0n) is 24.6. The molecule has 0 bridgehead atoms. The van der Waals surface area contributed by atoms with Gasteiger partial charge in [-0.15, -0.1) is 0 Å².